The van der Waals surface area contributed by atoms with Crippen molar-refractivity contribution in [3.05, 3.63) is 29.2 Å². The second kappa shape index (κ2) is 11.2. The summed E-state index contributed by atoms with van der Waals surface area (Å²) in [7, 11) is -1.14. The van der Waals surface area contributed by atoms with Gasteiger partial charge in [0, 0.05) is 53.7 Å². The van der Waals surface area contributed by atoms with E-state index >= 15 is 4.39 Å². The number of amides is 1. The number of carboxylic acid groups (broad SMARTS) is 1. The van der Waals surface area contributed by atoms with Crippen molar-refractivity contribution in [3.8, 4) is 11.5 Å². The minimum Gasteiger partial charge on any atom is -0.465 e. The van der Waals surface area contributed by atoms with Crippen molar-refractivity contribution in [1.82, 2.24) is 19.3 Å². The zero-order valence-corrected chi connectivity index (χ0v) is 28.4. The highest BCUT2D eigenvalue weighted by Gasteiger charge is 2.54. The molecule has 9 nitrogen and oxygen atoms in total. The molecular weight excluding hydrogens is 570 g/mol. The third-order valence-electron chi connectivity index (χ3n) is 8.83. The first-order valence-electron chi connectivity index (χ1n) is 15.0. The quantitative estimate of drug-likeness (QED) is 0.176. The van der Waals surface area contributed by atoms with Gasteiger partial charge in [0.15, 0.2) is 11.6 Å². The summed E-state index contributed by atoms with van der Waals surface area (Å²) in [6.45, 7) is 18.1. The van der Waals surface area contributed by atoms with Gasteiger partial charge in [-0.25, -0.2) is 18.9 Å². The average Bonchev–Trinajstić information content (AvgIpc) is 3.23. The first-order chi connectivity index (χ1) is 19.6. The van der Waals surface area contributed by atoms with Crippen LogP contribution >= 0.6 is 0 Å². The van der Waals surface area contributed by atoms with Crippen molar-refractivity contribution in [3.63, 3.8) is 0 Å². The fourth-order valence-corrected chi connectivity index (χ4v) is 7.26. The van der Waals surface area contributed by atoms with Crippen LogP contribution in [0.25, 0.3) is 22.6 Å². The number of halogens is 1. The van der Waals surface area contributed by atoms with E-state index in [4.69, 9.17) is 19.6 Å². The van der Waals surface area contributed by atoms with Gasteiger partial charge < -0.3 is 14.6 Å². The molecule has 0 unspecified atom stereocenters. The number of hydrogen-bond acceptors (Lipinski definition) is 5. The maximum atomic E-state index is 15.5. The highest BCUT2D eigenvalue weighted by molar-refractivity contribution is 6.76. The minimum atomic E-state index is -1.32. The maximum absolute atomic E-state index is 15.5. The zero-order chi connectivity index (χ0) is 30.6. The fourth-order valence-electron chi connectivity index (χ4n) is 5.75. The molecule has 0 bridgehead atoms. The van der Waals surface area contributed by atoms with Crippen LogP contribution in [0.1, 0.15) is 24.6 Å². The number of ether oxygens (including phenoxy) is 2. The van der Waals surface area contributed by atoms with Gasteiger partial charge in [0.2, 0.25) is 0 Å². The predicted octanol–water partition coefficient (Wildman–Crippen LogP) is 6.90. The van der Waals surface area contributed by atoms with E-state index < -0.39 is 28.1 Å². The van der Waals surface area contributed by atoms with Crippen molar-refractivity contribution < 1.29 is 23.8 Å². The predicted molar refractivity (Wildman–Crippen MR) is 169 cm³/mol. The Morgan fingerprint density at radius 3 is 2.38 bits per heavy atom. The van der Waals surface area contributed by atoms with E-state index in [0.29, 0.717) is 42.6 Å². The molecule has 1 fully saturated rings. The molecule has 0 radical (unpaired) electrons. The Morgan fingerprint density at radius 1 is 1.12 bits per heavy atom. The normalized spacial score (nSPS) is 20.1. The van der Waals surface area contributed by atoms with Crippen molar-refractivity contribution in [1.29, 1.82) is 0 Å². The molecule has 1 amide bonds. The van der Waals surface area contributed by atoms with Crippen molar-refractivity contribution in [2.24, 2.45) is 11.3 Å². The summed E-state index contributed by atoms with van der Waals surface area (Å²) in [6, 6.07) is 4.97. The molecule has 2 heterocycles. The SMILES string of the molecule is CN(C(=O)O)c1cc(F)c2nc(-c3nn(COCC[Si](C)(C)C)c4c3C[C@@H]3C[C@]3(C)C4)n(COCC[Si](C)(C)C)c2c1. The molecule has 0 spiro atoms. The minimum absolute atomic E-state index is 0.172. The highest BCUT2D eigenvalue weighted by Crippen LogP contribution is 2.60. The molecular formula is C30H46FN5O4Si2. The summed E-state index contributed by atoms with van der Waals surface area (Å²) in [4.78, 5) is 17.5. The monoisotopic (exact) mass is 615 g/mol. The number of aromatic nitrogens is 4. The highest BCUT2D eigenvalue weighted by atomic mass is 28.3. The van der Waals surface area contributed by atoms with Crippen LogP contribution in [0.5, 0.6) is 0 Å². The lowest BCUT2D eigenvalue weighted by Gasteiger charge is -2.20. The molecule has 0 aliphatic heterocycles. The second-order valence-corrected chi connectivity index (χ2v) is 26.1. The van der Waals surface area contributed by atoms with E-state index in [1.165, 1.54) is 25.2 Å². The van der Waals surface area contributed by atoms with Crippen LogP contribution in [-0.2, 0) is 35.8 Å². The Kier molecular flexibility index (Phi) is 8.23. The number of hydrogen-bond donors (Lipinski definition) is 1. The van der Waals surface area contributed by atoms with Crippen LogP contribution in [-0.4, -0.2) is 66.9 Å². The van der Waals surface area contributed by atoms with Crippen LogP contribution in [0.3, 0.4) is 0 Å². The number of imidazole rings is 1. The fraction of sp³-hybridized carbons (Fsp3) is 0.633. The lowest BCUT2D eigenvalue weighted by atomic mass is 9.87. The first kappa shape index (κ1) is 30.9. The molecule has 230 valence electrons. The van der Waals surface area contributed by atoms with Crippen LogP contribution < -0.4 is 4.90 Å². The van der Waals surface area contributed by atoms with Gasteiger partial charge in [-0.1, -0.05) is 46.2 Å². The van der Waals surface area contributed by atoms with Gasteiger partial charge in [-0.15, -0.1) is 0 Å². The van der Waals surface area contributed by atoms with Crippen molar-refractivity contribution >= 4 is 39.0 Å². The van der Waals surface area contributed by atoms with Gasteiger partial charge in [-0.2, -0.15) is 5.10 Å². The van der Waals surface area contributed by atoms with Gasteiger partial charge in [0.05, 0.1) is 11.2 Å². The van der Waals surface area contributed by atoms with Crippen molar-refractivity contribution in [2.75, 3.05) is 25.2 Å². The van der Waals surface area contributed by atoms with E-state index in [1.54, 1.807) is 6.07 Å². The summed E-state index contributed by atoms with van der Waals surface area (Å²) in [5.74, 6) is 0.580. The average molecular weight is 616 g/mol. The van der Waals surface area contributed by atoms with E-state index in [1.807, 2.05) is 9.25 Å². The molecule has 12 heteroatoms. The lowest BCUT2D eigenvalue weighted by Crippen LogP contribution is -2.24. The van der Waals surface area contributed by atoms with Crippen LogP contribution in [0.15, 0.2) is 12.1 Å². The van der Waals surface area contributed by atoms with Gasteiger partial charge in [-0.05, 0) is 48.7 Å². The molecule has 2 aliphatic carbocycles. The summed E-state index contributed by atoms with van der Waals surface area (Å²) in [5, 5.41) is 14.6. The van der Waals surface area contributed by atoms with Crippen LogP contribution in [0, 0.1) is 17.2 Å². The summed E-state index contributed by atoms with van der Waals surface area (Å²) >= 11 is 0. The van der Waals surface area contributed by atoms with E-state index in [0.717, 1.165) is 41.1 Å². The third-order valence-corrected chi connectivity index (χ3v) is 12.2. The number of carbonyl (C=O) groups is 1. The Balaban J connectivity index is 1.57. The molecule has 2 aliphatic rings. The number of rotatable bonds is 12. The lowest BCUT2D eigenvalue weighted by molar-refractivity contribution is 0.0756. The second-order valence-electron chi connectivity index (χ2n) is 14.9. The number of nitrogens with zero attached hydrogens (tertiary/aromatic N) is 5. The van der Waals surface area contributed by atoms with Gasteiger partial charge >= 0.3 is 6.09 Å². The number of benzene rings is 1. The topological polar surface area (TPSA) is 94.6 Å². The van der Waals surface area contributed by atoms with Crippen LogP contribution in [0.4, 0.5) is 14.9 Å². The smallest absolute Gasteiger partial charge is 0.411 e. The van der Waals surface area contributed by atoms with Gasteiger partial charge in [0.25, 0.3) is 0 Å². The molecule has 42 heavy (non-hydrogen) atoms. The maximum Gasteiger partial charge on any atom is 0.411 e. The van der Waals surface area contributed by atoms with E-state index in [-0.39, 0.29) is 17.9 Å². The molecule has 3 aromatic rings. The summed E-state index contributed by atoms with van der Waals surface area (Å²) in [5.41, 5.74) is 4.28. The Labute approximate surface area is 250 Å². The number of anilines is 1. The molecule has 0 saturated heterocycles. The molecule has 5 rings (SSSR count). The molecule has 2 aromatic heterocycles. The Hall–Kier alpha value is -2.55. The Bertz CT molecular complexity index is 1490. The molecule has 1 aromatic carbocycles. The molecule has 1 N–H and O–H groups in total. The zero-order valence-electron chi connectivity index (χ0n) is 26.4. The summed E-state index contributed by atoms with van der Waals surface area (Å²) in [6.07, 6.45) is 1.87. The van der Waals surface area contributed by atoms with E-state index in [2.05, 4.69) is 46.2 Å². The van der Waals surface area contributed by atoms with Gasteiger partial charge in [0.1, 0.15) is 24.7 Å². The van der Waals surface area contributed by atoms with Crippen molar-refractivity contribution in [2.45, 2.75) is 91.0 Å². The third kappa shape index (κ3) is 6.51. The molecule has 1 saturated carbocycles. The standard InChI is InChI=1S/C30H46FN5O4Si2/c1-30-16-20(30)13-22-25(17-30)36(19-40-10-12-42(6,7)8)33-26(22)28-32-27-23(31)14-21(34(2)29(37)38)15-24(27)35(28)18-39-9-11-41(3,4)5/h14-15,20H,9-13,16-19H2,1-8H3,(H,37,38)/t20-,30-/m1/s1. The number of fused-ring (bicyclic) bond motifs is 3. The van der Waals surface area contributed by atoms with E-state index in [9.17, 15) is 9.90 Å². The largest absolute Gasteiger partial charge is 0.465 e. The Morgan fingerprint density at radius 2 is 1.76 bits per heavy atom. The summed E-state index contributed by atoms with van der Waals surface area (Å²) < 4.78 is 31.7. The van der Waals surface area contributed by atoms with Gasteiger partial charge in [-0.3, -0.25) is 9.47 Å². The molecule has 2 atom stereocenters. The first-order valence-corrected chi connectivity index (χ1v) is 22.4. The van der Waals surface area contributed by atoms with Crippen LogP contribution in [0.2, 0.25) is 51.4 Å².